The minimum atomic E-state index is 0.137. The molecule has 0 aromatic carbocycles. The fourth-order valence-electron chi connectivity index (χ4n) is 1.63. The van der Waals surface area contributed by atoms with Gasteiger partial charge in [0.15, 0.2) is 0 Å². The van der Waals surface area contributed by atoms with Crippen molar-refractivity contribution < 1.29 is 0 Å². The molecule has 2 nitrogen and oxygen atoms in total. The molecular weight excluding hydrogens is 212 g/mol. The van der Waals surface area contributed by atoms with Gasteiger partial charge in [-0.3, -0.25) is 0 Å². The predicted octanol–water partition coefficient (Wildman–Crippen LogP) is 2.60. The van der Waals surface area contributed by atoms with Gasteiger partial charge in [0, 0.05) is 28.8 Å². The van der Waals surface area contributed by atoms with E-state index >= 15 is 0 Å². The first-order chi connectivity index (χ1) is 6.75. The first kappa shape index (κ1) is 10.5. The van der Waals surface area contributed by atoms with E-state index in [-0.39, 0.29) is 6.04 Å². The van der Waals surface area contributed by atoms with Gasteiger partial charge in [0.1, 0.15) is 0 Å². The zero-order valence-corrected chi connectivity index (χ0v) is 10.0. The molecule has 0 radical (unpaired) electrons. The average Bonchev–Trinajstić information content (AvgIpc) is 2.75. The van der Waals surface area contributed by atoms with Crippen LogP contribution in [0.1, 0.15) is 35.7 Å². The summed E-state index contributed by atoms with van der Waals surface area (Å²) in [6, 6.07) is 0.137. The van der Waals surface area contributed by atoms with Crippen LogP contribution in [0.25, 0.3) is 0 Å². The van der Waals surface area contributed by atoms with E-state index in [2.05, 4.69) is 16.7 Å². The number of nitrogens with two attached hydrogens (primary N) is 1. The fourth-order valence-corrected chi connectivity index (χ4v) is 3.96. The molecule has 2 N–H and O–H groups in total. The highest BCUT2D eigenvalue weighted by molar-refractivity contribution is 8.00. The number of hydrogen-bond donors (Lipinski definition) is 1. The van der Waals surface area contributed by atoms with Crippen molar-refractivity contribution in [3.05, 3.63) is 16.1 Å². The molecule has 2 atom stereocenters. The van der Waals surface area contributed by atoms with Crippen LogP contribution >= 0.6 is 23.1 Å². The van der Waals surface area contributed by atoms with E-state index < -0.39 is 0 Å². The molecule has 0 bridgehead atoms. The van der Waals surface area contributed by atoms with E-state index in [1.165, 1.54) is 28.5 Å². The zero-order valence-electron chi connectivity index (χ0n) is 8.40. The summed E-state index contributed by atoms with van der Waals surface area (Å²) in [6.45, 7) is 2.02. The quantitative estimate of drug-likeness (QED) is 0.864. The number of thiazole rings is 1. The van der Waals surface area contributed by atoms with Gasteiger partial charge in [-0.25, -0.2) is 4.98 Å². The Balaban J connectivity index is 1.95. The molecule has 0 spiro atoms. The fraction of sp³-hybridized carbons (Fsp3) is 0.700. The van der Waals surface area contributed by atoms with Crippen molar-refractivity contribution in [2.24, 2.45) is 5.73 Å². The summed E-state index contributed by atoms with van der Waals surface area (Å²) in [7, 11) is 0. The van der Waals surface area contributed by atoms with Crippen molar-refractivity contribution in [1.82, 2.24) is 4.98 Å². The lowest BCUT2D eigenvalue weighted by Gasteiger charge is -2.04. The van der Waals surface area contributed by atoms with Crippen LogP contribution in [0.4, 0.5) is 0 Å². The maximum atomic E-state index is 5.80. The van der Waals surface area contributed by atoms with Crippen LogP contribution in [0.2, 0.25) is 0 Å². The van der Waals surface area contributed by atoms with E-state index in [4.69, 9.17) is 5.73 Å². The Bertz CT molecular complexity index is 290. The van der Waals surface area contributed by atoms with E-state index in [1.807, 2.05) is 13.1 Å². The van der Waals surface area contributed by atoms with Crippen molar-refractivity contribution in [2.75, 3.05) is 5.75 Å². The molecule has 14 heavy (non-hydrogen) atoms. The second-order valence-electron chi connectivity index (χ2n) is 3.78. The van der Waals surface area contributed by atoms with Gasteiger partial charge in [0.25, 0.3) is 0 Å². The number of rotatable bonds is 3. The molecule has 2 rings (SSSR count). The topological polar surface area (TPSA) is 38.9 Å². The van der Waals surface area contributed by atoms with E-state index in [1.54, 1.807) is 11.3 Å². The molecule has 1 fully saturated rings. The van der Waals surface area contributed by atoms with Crippen LogP contribution in [-0.2, 0) is 6.42 Å². The molecule has 2 unspecified atom stereocenters. The molecule has 1 aromatic heterocycles. The predicted molar refractivity (Wildman–Crippen MR) is 63.9 cm³/mol. The Hall–Kier alpha value is -0.0600. The van der Waals surface area contributed by atoms with Gasteiger partial charge < -0.3 is 5.73 Å². The molecule has 0 aliphatic carbocycles. The lowest BCUT2D eigenvalue weighted by atomic mass is 10.2. The summed E-state index contributed by atoms with van der Waals surface area (Å²) in [5.41, 5.74) is 5.80. The Morgan fingerprint density at radius 2 is 2.57 bits per heavy atom. The summed E-state index contributed by atoms with van der Waals surface area (Å²) in [4.78, 5) is 5.64. The summed E-state index contributed by atoms with van der Waals surface area (Å²) >= 11 is 3.87. The maximum absolute atomic E-state index is 5.80. The summed E-state index contributed by atoms with van der Waals surface area (Å²) in [6.07, 6.45) is 5.81. The second-order valence-corrected chi connectivity index (χ2v) is 6.34. The van der Waals surface area contributed by atoms with Crippen molar-refractivity contribution in [3.63, 3.8) is 0 Å². The van der Waals surface area contributed by atoms with E-state index in [0.717, 1.165) is 11.7 Å². The molecule has 78 valence electrons. The first-order valence-electron chi connectivity index (χ1n) is 5.07. The third kappa shape index (κ3) is 2.49. The molecular formula is C10H16N2S2. The monoisotopic (exact) mass is 228 g/mol. The van der Waals surface area contributed by atoms with Gasteiger partial charge in [-0.1, -0.05) is 0 Å². The normalized spacial score (nSPS) is 24.0. The standard InChI is InChI=1S/C10H16N2S2/c1-7(11)9-6-12-10(14-9)5-8-3-2-4-13-8/h6-8H,2-5,11H2,1H3. The second kappa shape index (κ2) is 4.64. The largest absolute Gasteiger partial charge is 0.323 e. The molecule has 0 saturated carbocycles. The number of hydrogen-bond acceptors (Lipinski definition) is 4. The van der Waals surface area contributed by atoms with E-state index in [0.29, 0.717) is 0 Å². The Morgan fingerprint density at radius 1 is 1.71 bits per heavy atom. The highest BCUT2D eigenvalue weighted by Crippen LogP contribution is 2.30. The van der Waals surface area contributed by atoms with Crippen LogP contribution in [0, 0.1) is 0 Å². The SMILES string of the molecule is CC(N)c1cnc(CC2CCCS2)s1. The lowest BCUT2D eigenvalue weighted by Crippen LogP contribution is -2.02. The number of aromatic nitrogens is 1. The van der Waals surface area contributed by atoms with Crippen molar-refractivity contribution in [1.29, 1.82) is 0 Å². The maximum Gasteiger partial charge on any atom is 0.0939 e. The van der Waals surface area contributed by atoms with Gasteiger partial charge in [0.05, 0.1) is 5.01 Å². The highest BCUT2D eigenvalue weighted by Gasteiger charge is 2.17. The van der Waals surface area contributed by atoms with Crippen molar-refractivity contribution >= 4 is 23.1 Å². The number of thioether (sulfide) groups is 1. The van der Waals surface area contributed by atoms with Crippen molar-refractivity contribution in [3.8, 4) is 0 Å². The average molecular weight is 228 g/mol. The van der Waals surface area contributed by atoms with Crippen LogP contribution in [0.5, 0.6) is 0 Å². The van der Waals surface area contributed by atoms with Gasteiger partial charge >= 0.3 is 0 Å². The van der Waals surface area contributed by atoms with E-state index in [9.17, 15) is 0 Å². The molecule has 1 aromatic rings. The molecule has 1 aliphatic rings. The van der Waals surface area contributed by atoms with Gasteiger partial charge in [-0.2, -0.15) is 11.8 Å². The summed E-state index contributed by atoms with van der Waals surface area (Å²) in [5, 5.41) is 2.07. The highest BCUT2D eigenvalue weighted by atomic mass is 32.2. The minimum absolute atomic E-state index is 0.137. The third-order valence-corrected chi connectivity index (χ3v) is 5.07. The minimum Gasteiger partial charge on any atom is -0.323 e. The smallest absolute Gasteiger partial charge is 0.0939 e. The molecule has 1 aliphatic heterocycles. The molecule has 4 heteroatoms. The molecule has 1 saturated heterocycles. The van der Waals surface area contributed by atoms with Gasteiger partial charge in [-0.15, -0.1) is 11.3 Å². The molecule has 2 heterocycles. The lowest BCUT2D eigenvalue weighted by molar-refractivity contribution is 0.773. The molecule has 0 amide bonds. The first-order valence-corrected chi connectivity index (χ1v) is 6.94. The van der Waals surface area contributed by atoms with Crippen LogP contribution in [-0.4, -0.2) is 16.0 Å². The van der Waals surface area contributed by atoms with Gasteiger partial charge in [-0.05, 0) is 25.5 Å². The Kier molecular flexibility index (Phi) is 3.47. The van der Waals surface area contributed by atoms with Crippen LogP contribution in [0.15, 0.2) is 6.20 Å². The zero-order chi connectivity index (χ0) is 9.97. The van der Waals surface area contributed by atoms with Crippen molar-refractivity contribution in [2.45, 2.75) is 37.5 Å². The summed E-state index contributed by atoms with van der Waals surface area (Å²) in [5.74, 6) is 1.33. The number of nitrogens with zero attached hydrogens (tertiary/aromatic N) is 1. The van der Waals surface area contributed by atoms with Crippen LogP contribution in [0.3, 0.4) is 0 Å². The Morgan fingerprint density at radius 3 is 3.14 bits per heavy atom. The third-order valence-electron chi connectivity index (χ3n) is 2.45. The Labute approximate surface area is 93.3 Å². The van der Waals surface area contributed by atoms with Gasteiger partial charge in [0.2, 0.25) is 0 Å². The van der Waals surface area contributed by atoms with Crippen LogP contribution < -0.4 is 5.73 Å². The summed E-state index contributed by atoms with van der Waals surface area (Å²) < 4.78 is 0.